The van der Waals surface area contributed by atoms with Crippen LogP contribution in [0, 0.1) is 11.3 Å². The summed E-state index contributed by atoms with van der Waals surface area (Å²) in [4.78, 5) is 8.46. The van der Waals surface area contributed by atoms with Crippen LogP contribution in [0.15, 0.2) is 6.20 Å². The minimum Gasteiger partial charge on any atom is -0.480 e. The first-order chi connectivity index (χ1) is 9.46. The van der Waals surface area contributed by atoms with Crippen LogP contribution in [-0.4, -0.2) is 29.3 Å². The predicted molar refractivity (Wildman–Crippen MR) is 75.8 cm³/mol. The number of aliphatic hydroxyl groups is 1. The molecule has 1 aromatic rings. The summed E-state index contributed by atoms with van der Waals surface area (Å²) in [5.74, 6) is 0.962. The molecule has 2 rings (SSSR count). The summed E-state index contributed by atoms with van der Waals surface area (Å²) in [7, 11) is 3.06. The molecule has 1 aliphatic rings. The zero-order valence-corrected chi connectivity index (χ0v) is 12.7. The Morgan fingerprint density at radius 2 is 1.90 bits per heavy atom. The summed E-state index contributed by atoms with van der Waals surface area (Å²) in [6, 6.07) is 0. The molecule has 0 radical (unpaired) electrons. The van der Waals surface area contributed by atoms with E-state index in [1.165, 1.54) is 20.4 Å². The van der Waals surface area contributed by atoms with E-state index >= 15 is 0 Å². The van der Waals surface area contributed by atoms with Crippen LogP contribution in [-0.2, 0) is 0 Å². The number of hydrogen-bond donors (Lipinski definition) is 1. The highest BCUT2D eigenvalue weighted by Crippen LogP contribution is 2.43. The second-order valence-electron chi connectivity index (χ2n) is 6.25. The molecule has 1 aromatic heterocycles. The van der Waals surface area contributed by atoms with Crippen molar-refractivity contribution in [2.75, 3.05) is 14.2 Å². The fourth-order valence-electron chi connectivity index (χ4n) is 2.78. The minimum absolute atomic E-state index is 0.222. The van der Waals surface area contributed by atoms with Crippen molar-refractivity contribution in [3.63, 3.8) is 0 Å². The molecule has 0 aliphatic heterocycles. The zero-order valence-electron chi connectivity index (χ0n) is 12.7. The van der Waals surface area contributed by atoms with Gasteiger partial charge in [0.1, 0.15) is 11.8 Å². The highest BCUT2D eigenvalue weighted by atomic mass is 16.5. The van der Waals surface area contributed by atoms with Crippen molar-refractivity contribution in [3.05, 3.63) is 11.9 Å². The maximum Gasteiger partial charge on any atom is 0.241 e. The second kappa shape index (κ2) is 5.95. The zero-order chi connectivity index (χ0) is 14.8. The van der Waals surface area contributed by atoms with Crippen molar-refractivity contribution in [1.82, 2.24) is 9.97 Å². The first-order valence-electron chi connectivity index (χ1n) is 7.10. The molecule has 1 fully saturated rings. The van der Waals surface area contributed by atoms with E-state index in [1.807, 2.05) is 0 Å². The van der Waals surface area contributed by atoms with E-state index in [1.54, 1.807) is 0 Å². The van der Waals surface area contributed by atoms with Crippen LogP contribution in [0.2, 0.25) is 0 Å². The molecule has 1 atom stereocenters. The molecular formula is C15H24N2O3. The van der Waals surface area contributed by atoms with Gasteiger partial charge in [-0.15, -0.1) is 0 Å². The normalized spacial score (nSPS) is 20.4. The summed E-state index contributed by atoms with van der Waals surface area (Å²) in [6.07, 6.45) is 5.16. The maximum absolute atomic E-state index is 10.6. The van der Waals surface area contributed by atoms with Crippen LogP contribution in [0.5, 0.6) is 11.8 Å². The van der Waals surface area contributed by atoms with E-state index in [0.717, 1.165) is 25.7 Å². The van der Waals surface area contributed by atoms with Crippen LogP contribution in [0.1, 0.15) is 51.3 Å². The molecule has 5 nitrogen and oxygen atoms in total. The number of hydrogen-bond acceptors (Lipinski definition) is 5. The van der Waals surface area contributed by atoms with Crippen molar-refractivity contribution in [2.45, 2.75) is 45.6 Å². The molecule has 1 unspecified atom stereocenters. The second-order valence-corrected chi connectivity index (χ2v) is 6.25. The van der Waals surface area contributed by atoms with Gasteiger partial charge < -0.3 is 14.6 Å². The largest absolute Gasteiger partial charge is 0.480 e. The summed E-state index contributed by atoms with van der Waals surface area (Å²) >= 11 is 0. The van der Waals surface area contributed by atoms with E-state index < -0.39 is 6.10 Å². The maximum atomic E-state index is 10.6. The molecule has 0 bridgehead atoms. The van der Waals surface area contributed by atoms with Gasteiger partial charge in [-0.25, -0.2) is 4.98 Å². The fourth-order valence-corrected chi connectivity index (χ4v) is 2.78. The lowest BCUT2D eigenvalue weighted by Crippen LogP contribution is -2.25. The Morgan fingerprint density at radius 3 is 2.45 bits per heavy atom. The lowest BCUT2D eigenvalue weighted by molar-refractivity contribution is 0.0514. The van der Waals surface area contributed by atoms with Crippen molar-refractivity contribution < 1.29 is 14.6 Å². The lowest BCUT2D eigenvalue weighted by atomic mass is 9.71. The Morgan fingerprint density at radius 1 is 1.25 bits per heavy atom. The lowest BCUT2D eigenvalue weighted by Gasteiger charge is -2.36. The third kappa shape index (κ3) is 3.20. The van der Waals surface area contributed by atoms with Crippen LogP contribution in [0.25, 0.3) is 0 Å². The van der Waals surface area contributed by atoms with Crippen LogP contribution >= 0.6 is 0 Å². The smallest absolute Gasteiger partial charge is 0.241 e. The van der Waals surface area contributed by atoms with E-state index in [9.17, 15) is 5.11 Å². The average molecular weight is 280 g/mol. The monoisotopic (exact) mass is 280 g/mol. The highest BCUT2D eigenvalue weighted by molar-refractivity contribution is 5.25. The van der Waals surface area contributed by atoms with Gasteiger partial charge in [0.15, 0.2) is 0 Å². The Kier molecular flexibility index (Phi) is 4.48. The molecule has 0 amide bonds. The van der Waals surface area contributed by atoms with Gasteiger partial charge in [0.05, 0.1) is 20.4 Å². The van der Waals surface area contributed by atoms with Crippen LogP contribution in [0.3, 0.4) is 0 Å². The van der Waals surface area contributed by atoms with E-state index in [0.29, 0.717) is 22.9 Å². The fraction of sp³-hybridized carbons (Fsp3) is 0.733. The summed E-state index contributed by atoms with van der Waals surface area (Å²) in [5.41, 5.74) is 0.893. The first kappa shape index (κ1) is 15.0. The molecule has 0 saturated heterocycles. The van der Waals surface area contributed by atoms with Gasteiger partial charge in [0.2, 0.25) is 11.8 Å². The Bertz CT molecular complexity index is 452. The van der Waals surface area contributed by atoms with E-state index in [4.69, 9.17) is 9.47 Å². The molecule has 1 N–H and O–H groups in total. The van der Waals surface area contributed by atoms with E-state index in [-0.39, 0.29) is 5.92 Å². The number of rotatable bonds is 4. The quantitative estimate of drug-likeness (QED) is 0.918. The van der Waals surface area contributed by atoms with Crippen molar-refractivity contribution in [1.29, 1.82) is 0 Å². The molecule has 1 aliphatic carbocycles. The first-order valence-corrected chi connectivity index (χ1v) is 7.10. The Balaban J connectivity index is 2.15. The summed E-state index contributed by atoms with van der Waals surface area (Å²) in [6.45, 7) is 4.56. The number of methoxy groups -OCH3 is 2. The van der Waals surface area contributed by atoms with Gasteiger partial charge in [-0.2, -0.15) is 4.98 Å². The van der Waals surface area contributed by atoms with Crippen molar-refractivity contribution in [3.8, 4) is 11.8 Å². The van der Waals surface area contributed by atoms with Crippen LogP contribution < -0.4 is 9.47 Å². The Hall–Kier alpha value is -1.36. The molecule has 20 heavy (non-hydrogen) atoms. The van der Waals surface area contributed by atoms with Gasteiger partial charge >= 0.3 is 0 Å². The SMILES string of the molecule is COc1cnc(C(O)C2CCC(C)(C)CC2)c(OC)n1. The molecule has 1 saturated carbocycles. The topological polar surface area (TPSA) is 64.5 Å². The third-order valence-corrected chi connectivity index (χ3v) is 4.26. The molecule has 0 aromatic carbocycles. The summed E-state index contributed by atoms with van der Waals surface area (Å²) in [5, 5.41) is 10.6. The molecule has 0 spiro atoms. The average Bonchev–Trinajstić information content (AvgIpc) is 2.45. The van der Waals surface area contributed by atoms with Crippen molar-refractivity contribution in [2.24, 2.45) is 11.3 Å². The predicted octanol–water partition coefficient (Wildman–Crippen LogP) is 2.74. The van der Waals surface area contributed by atoms with Gasteiger partial charge in [0, 0.05) is 0 Å². The van der Waals surface area contributed by atoms with E-state index in [2.05, 4.69) is 23.8 Å². The molecule has 112 valence electrons. The number of ether oxygens (including phenoxy) is 2. The van der Waals surface area contributed by atoms with Crippen molar-refractivity contribution >= 4 is 0 Å². The van der Waals surface area contributed by atoms with Gasteiger partial charge in [-0.1, -0.05) is 13.8 Å². The molecule has 1 heterocycles. The highest BCUT2D eigenvalue weighted by Gasteiger charge is 2.33. The number of nitrogens with zero attached hydrogens (tertiary/aromatic N) is 2. The minimum atomic E-state index is -0.626. The van der Waals surface area contributed by atoms with Gasteiger partial charge in [0.25, 0.3) is 0 Å². The molecule has 5 heteroatoms. The van der Waals surface area contributed by atoms with Crippen LogP contribution in [0.4, 0.5) is 0 Å². The standard InChI is InChI=1S/C15H24N2O3/c1-15(2)7-5-10(6-8-15)13(18)12-14(20-4)17-11(19-3)9-16-12/h9-10,13,18H,5-8H2,1-4H3. The number of aliphatic hydroxyl groups excluding tert-OH is 1. The van der Waals surface area contributed by atoms with Gasteiger partial charge in [-0.05, 0) is 37.0 Å². The molecular weight excluding hydrogens is 256 g/mol. The Labute approximate surface area is 120 Å². The number of aromatic nitrogens is 2. The summed E-state index contributed by atoms with van der Waals surface area (Å²) < 4.78 is 10.3. The van der Waals surface area contributed by atoms with Gasteiger partial charge in [-0.3, -0.25) is 0 Å². The third-order valence-electron chi connectivity index (χ3n) is 4.26.